The molecular formula is C37H35N3O8S2. The molecule has 8 rings (SSSR count). The minimum Gasteiger partial charge on any atom is -0.493 e. The second-order valence-electron chi connectivity index (χ2n) is 13.8. The molecule has 1 saturated heterocycles. The van der Waals surface area contributed by atoms with Gasteiger partial charge in [-0.2, -0.15) is 0 Å². The number of H-pyrrole nitrogens is 1. The van der Waals surface area contributed by atoms with Crippen LogP contribution in [0.25, 0.3) is 10.8 Å². The fourth-order valence-corrected chi connectivity index (χ4v) is 11.9. The fraction of sp³-hybridized carbons (Fsp3) is 0.378. The molecule has 3 amide bonds. The third-order valence-corrected chi connectivity index (χ3v) is 13.4. The van der Waals surface area contributed by atoms with Crippen molar-refractivity contribution in [2.45, 2.75) is 42.5 Å². The molecule has 11 nitrogen and oxygen atoms in total. The number of fused-ring (bicyclic) bond motifs is 10. The van der Waals surface area contributed by atoms with Crippen molar-refractivity contribution in [1.82, 2.24) is 9.88 Å². The Morgan fingerprint density at radius 3 is 2.44 bits per heavy atom. The van der Waals surface area contributed by atoms with Crippen molar-refractivity contribution in [3.8, 4) is 11.5 Å². The maximum Gasteiger partial charge on any atom is 0.327 e. The lowest BCUT2D eigenvalue weighted by Gasteiger charge is -2.43. The molecular weight excluding hydrogens is 679 g/mol. The Morgan fingerprint density at radius 2 is 1.72 bits per heavy atom. The van der Waals surface area contributed by atoms with Gasteiger partial charge in [0, 0.05) is 21.7 Å². The number of amides is 3. The number of methoxy groups -OCH3 is 1. The van der Waals surface area contributed by atoms with Gasteiger partial charge in [0.15, 0.2) is 18.1 Å². The van der Waals surface area contributed by atoms with E-state index in [4.69, 9.17) is 9.47 Å². The first-order valence-corrected chi connectivity index (χ1v) is 18.3. The first-order chi connectivity index (χ1) is 24.0. The number of hydrogen-bond acceptors (Lipinski definition) is 9. The summed E-state index contributed by atoms with van der Waals surface area (Å²) in [5.74, 6) is -3.74. The van der Waals surface area contributed by atoms with E-state index < -0.39 is 35.7 Å². The van der Waals surface area contributed by atoms with Gasteiger partial charge in [0.25, 0.3) is 5.91 Å². The normalized spacial score (nSPS) is 26.9. The molecule has 2 aliphatic heterocycles. The van der Waals surface area contributed by atoms with E-state index in [1.807, 2.05) is 54.6 Å². The van der Waals surface area contributed by atoms with E-state index in [-0.39, 0.29) is 52.2 Å². The summed E-state index contributed by atoms with van der Waals surface area (Å²) < 4.78 is 11.7. The van der Waals surface area contributed by atoms with Gasteiger partial charge in [0.2, 0.25) is 11.8 Å². The van der Waals surface area contributed by atoms with Crippen LogP contribution in [0, 0.1) is 35.5 Å². The molecule has 3 fully saturated rings. The van der Waals surface area contributed by atoms with E-state index >= 15 is 0 Å². The molecule has 2 aliphatic carbocycles. The van der Waals surface area contributed by atoms with Crippen LogP contribution in [0.1, 0.15) is 36.6 Å². The van der Waals surface area contributed by atoms with Gasteiger partial charge in [-0.25, -0.2) is 4.79 Å². The van der Waals surface area contributed by atoms with Crippen LogP contribution in [0.3, 0.4) is 0 Å². The molecule has 50 heavy (non-hydrogen) atoms. The number of likely N-dealkylation sites (tertiary alicyclic amines) is 1. The number of thiazole rings is 1. The topological polar surface area (TPSA) is 155 Å². The van der Waals surface area contributed by atoms with Crippen LogP contribution in [0.4, 0.5) is 5.69 Å². The number of aliphatic carboxylic acids is 1. The fourth-order valence-electron chi connectivity index (χ4n) is 8.99. The highest BCUT2D eigenvalue weighted by atomic mass is 32.2. The predicted octanol–water partition coefficient (Wildman–Crippen LogP) is 5.20. The number of carbonyl (C=O) groups is 4. The van der Waals surface area contributed by atoms with Crippen LogP contribution in [0.15, 0.2) is 70.5 Å². The molecule has 0 radical (unpaired) electrons. The summed E-state index contributed by atoms with van der Waals surface area (Å²) >= 11 is 2.71. The van der Waals surface area contributed by atoms with E-state index in [1.165, 1.54) is 7.11 Å². The number of rotatable bonds is 9. The monoisotopic (exact) mass is 713 g/mol. The Kier molecular flexibility index (Phi) is 8.02. The van der Waals surface area contributed by atoms with Crippen LogP contribution in [-0.2, 0) is 19.2 Å². The maximum absolute atomic E-state index is 14.0. The highest BCUT2D eigenvalue weighted by Crippen LogP contribution is 2.68. The van der Waals surface area contributed by atoms with Crippen molar-refractivity contribution in [1.29, 1.82) is 0 Å². The maximum atomic E-state index is 14.0. The minimum absolute atomic E-state index is 0.0521. The molecule has 7 unspecified atom stereocenters. The number of aromatic amines is 1. The average Bonchev–Trinajstić information content (AvgIpc) is 3.83. The van der Waals surface area contributed by atoms with E-state index in [0.29, 0.717) is 23.6 Å². The second kappa shape index (κ2) is 12.3. The van der Waals surface area contributed by atoms with Crippen molar-refractivity contribution in [2.75, 3.05) is 19.0 Å². The van der Waals surface area contributed by atoms with Crippen LogP contribution in [0.2, 0.25) is 0 Å². The van der Waals surface area contributed by atoms with Gasteiger partial charge in [0.05, 0.1) is 24.0 Å². The summed E-state index contributed by atoms with van der Waals surface area (Å²) in [5.41, 5.74) is 1.52. The summed E-state index contributed by atoms with van der Waals surface area (Å²) in [6, 6.07) is 17.9. The van der Waals surface area contributed by atoms with Gasteiger partial charge in [-0.1, -0.05) is 61.6 Å². The Balaban J connectivity index is 1.06. The molecule has 3 heterocycles. The first kappa shape index (κ1) is 32.6. The Bertz CT molecular complexity index is 2130. The van der Waals surface area contributed by atoms with Crippen LogP contribution in [-0.4, -0.2) is 63.7 Å². The minimum atomic E-state index is -1.21. The van der Waals surface area contributed by atoms with Gasteiger partial charge >= 0.3 is 10.8 Å². The Hall–Kier alpha value is -4.62. The molecule has 0 spiro atoms. The number of aromatic nitrogens is 1. The third-order valence-electron chi connectivity index (χ3n) is 10.9. The smallest absolute Gasteiger partial charge is 0.327 e. The molecule has 4 aromatic rings. The summed E-state index contributed by atoms with van der Waals surface area (Å²) in [7, 11) is 1.52. The zero-order valence-corrected chi connectivity index (χ0v) is 29.1. The number of anilines is 1. The summed E-state index contributed by atoms with van der Waals surface area (Å²) in [6.45, 7) is 3.17. The molecule has 4 aliphatic rings. The molecule has 1 aromatic heterocycles. The van der Waals surface area contributed by atoms with Crippen molar-refractivity contribution in [2.24, 2.45) is 35.5 Å². The van der Waals surface area contributed by atoms with Gasteiger partial charge in [0.1, 0.15) is 6.04 Å². The van der Waals surface area contributed by atoms with Gasteiger partial charge < -0.3 is 24.9 Å². The van der Waals surface area contributed by atoms with Crippen molar-refractivity contribution < 1.29 is 33.8 Å². The van der Waals surface area contributed by atoms with Crippen molar-refractivity contribution in [3.63, 3.8) is 0 Å². The zero-order chi connectivity index (χ0) is 35.0. The molecule has 13 heteroatoms. The van der Waals surface area contributed by atoms with Crippen LogP contribution >= 0.6 is 23.1 Å². The number of thioether (sulfide) groups is 1. The Morgan fingerprint density at radius 1 is 0.980 bits per heavy atom. The van der Waals surface area contributed by atoms with E-state index in [1.54, 1.807) is 31.7 Å². The highest BCUT2D eigenvalue weighted by molar-refractivity contribution is 8.00. The van der Waals surface area contributed by atoms with E-state index in [0.717, 1.165) is 42.5 Å². The molecule has 2 saturated carbocycles. The molecule has 3 N–H and O–H groups in total. The summed E-state index contributed by atoms with van der Waals surface area (Å²) in [4.78, 5) is 70.3. The van der Waals surface area contributed by atoms with E-state index in [9.17, 15) is 29.1 Å². The van der Waals surface area contributed by atoms with Crippen molar-refractivity contribution in [3.05, 3.63) is 80.8 Å². The van der Waals surface area contributed by atoms with Crippen molar-refractivity contribution >= 4 is 63.2 Å². The van der Waals surface area contributed by atoms with E-state index in [2.05, 4.69) is 10.3 Å². The quantitative estimate of drug-likeness (QED) is 0.199. The number of carboxylic acids is 1. The lowest BCUT2D eigenvalue weighted by Crippen LogP contribution is -2.49. The lowest BCUT2D eigenvalue weighted by atomic mass is 9.68. The number of imide groups is 1. The average molecular weight is 714 g/mol. The molecule has 258 valence electrons. The van der Waals surface area contributed by atoms with Crippen LogP contribution < -0.4 is 19.7 Å². The van der Waals surface area contributed by atoms with Gasteiger partial charge in [-0.3, -0.25) is 24.1 Å². The molecule has 3 aromatic carbocycles. The zero-order valence-electron chi connectivity index (χ0n) is 27.5. The third kappa shape index (κ3) is 5.12. The Labute approximate surface area is 295 Å². The number of carboxylic acid groups (broad SMARTS) is 1. The SMILES string of the molecule is COc1cc([C@H]2c3sc(=O)[nH]c3SC3C4CC(C5C(=O)N(C(C(=O)O)C(C)C)C(=O)C45)C32)ccc1OCC(=O)Nc1ccc2ccccc2c1. The standard InChI is InChI=1S/C37H35N3O8S2/c1-16(2)30(36(44)45)40-34(42)28-21-14-22(29(28)35(40)43)31-27(21)26(32-33(49-31)39-37(46)50-32)19-9-11-23(24(13-19)47-3)48-15-25(41)38-20-10-8-17-6-4-5-7-18(17)12-20/h4-13,16,21-22,26-31H,14-15H2,1-3H3,(H,38,41)(H,39,46)(H,44,45)/t21?,22?,26-,27?,28?,29?,30?,31?/m1/s1. The highest BCUT2D eigenvalue weighted by Gasteiger charge is 2.70. The number of hydrogen-bond donors (Lipinski definition) is 3. The number of carbonyl (C=O) groups excluding carboxylic acids is 3. The predicted molar refractivity (Wildman–Crippen MR) is 188 cm³/mol. The summed E-state index contributed by atoms with van der Waals surface area (Å²) in [6.07, 6.45) is 0.683. The number of nitrogens with one attached hydrogen (secondary N) is 2. The molecule has 2 bridgehead atoms. The lowest BCUT2D eigenvalue weighted by molar-refractivity contribution is -0.157. The van der Waals surface area contributed by atoms with Gasteiger partial charge in [-0.15, -0.1) is 11.8 Å². The molecule has 8 atom stereocenters. The first-order valence-electron chi connectivity index (χ1n) is 16.6. The summed E-state index contributed by atoms with van der Waals surface area (Å²) in [5, 5.41) is 15.6. The number of nitrogens with zero attached hydrogens (tertiary/aromatic N) is 1. The number of ether oxygens (including phenoxy) is 2. The number of benzene rings is 3. The van der Waals surface area contributed by atoms with Crippen LogP contribution in [0.5, 0.6) is 11.5 Å². The largest absolute Gasteiger partial charge is 0.493 e. The second-order valence-corrected chi connectivity index (χ2v) is 16.0. The van der Waals surface area contributed by atoms with Gasteiger partial charge in [-0.05, 0) is 70.7 Å².